The molecule has 0 aliphatic carbocycles. The number of hydrogen-bond donors (Lipinski definition) is 2. The van der Waals surface area contributed by atoms with Gasteiger partial charge in [0.15, 0.2) is 0 Å². The third kappa shape index (κ3) is 2.52. The van der Waals surface area contributed by atoms with E-state index >= 15 is 0 Å². The van der Waals surface area contributed by atoms with Crippen molar-refractivity contribution in [2.24, 2.45) is 5.73 Å². The molecule has 3 N–H and O–H groups in total. The van der Waals surface area contributed by atoms with E-state index in [9.17, 15) is 5.26 Å². The summed E-state index contributed by atoms with van der Waals surface area (Å²) < 4.78 is 8.00. The largest absolute Gasteiger partial charge is 0.420 e. The van der Waals surface area contributed by atoms with Gasteiger partial charge in [0.25, 0.3) is 0 Å². The van der Waals surface area contributed by atoms with Crippen LogP contribution in [0, 0.1) is 11.3 Å². The number of benzene rings is 2. The molecule has 2 aromatic carbocycles. The highest BCUT2D eigenvalue weighted by Gasteiger charge is 2.35. The van der Waals surface area contributed by atoms with Crippen LogP contribution in [-0.2, 0) is 13.0 Å². The molecule has 0 saturated carbocycles. The molecule has 3 heterocycles. The average molecular weight is 397 g/mol. The predicted octanol–water partition coefficient (Wildman–Crippen LogP) is 4.71. The molecule has 4 aromatic rings. The number of allylic oxidation sites excluding steroid dienone is 1. The fraction of sp³-hybridized carbons (Fsp3) is 0.250. The Morgan fingerprint density at radius 2 is 1.97 bits per heavy atom. The maximum Gasteiger partial charge on any atom is 0.244 e. The van der Waals surface area contributed by atoms with E-state index in [4.69, 9.17) is 10.5 Å². The molecule has 1 aliphatic rings. The van der Waals surface area contributed by atoms with Gasteiger partial charge in [0.1, 0.15) is 11.6 Å². The van der Waals surface area contributed by atoms with Crippen LogP contribution in [-0.4, -0.2) is 14.8 Å². The van der Waals surface area contributed by atoms with E-state index < -0.39 is 0 Å². The molecule has 1 atom stereocenters. The topological polar surface area (TPSA) is 92.7 Å². The number of aromatic nitrogens is 3. The van der Waals surface area contributed by atoms with Crippen molar-refractivity contribution in [3.8, 4) is 11.9 Å². The summed E-state index contributed by atoms with van der Waals surface area (Å²) >= 11 is 0. The van der Waals surface area contributed by atoms with E-state index in [1.165, 1.54) is 21.8 Å². The third-order valence-corrected chi connectivity index (χ3v) is 5.96. The lowest BCUT2D eigenvalue weighted by Crippen LogP contribution is -2.21. The molecule has 0 fully saturated rings. The molecular formula is C24H23N5O. The summed E-state index contributed by atoms with van der Waals surface area (Å²) in [5, 5.41) is 19.7. The lowest BCUT2D eigenvalue weighted by atomic mass is 9.83. The van der Waals surface area contributed by atoms with Gasteiger partial charge in [-0.05, 0) is 37.1 Å². The summed E-state index contributed by atoms with van der Waals surface area (Å²) in [6.45, 7) is 5.17. The fourth-order valence-electron chi connectivity index (χ4n) is 4.67. The molecule has 6 heteroatoms. The van der Waals surface area contributed by atoms with E-state index in [0.717, 1.165) is 36.2 Å². The van der Waals surface area contributed by atoms with E-state index in [1.807, 2.05) is 0 Å². The van der Waals surface area contributed by atoms with Crippen LogP contribution < -0.4 is 10.5 Å². The Morgan fingerprint density at radius 3 is 2.73 bits per heavy atom. The Bertz CT molecular complexity index is 1350. The Kier molecular flexibility index (Phi) is 4.25. The standard InChI is InChI=1S/C24H23N5O/c1-3-7-18-22-21(17(13-25)23(26)30-24(22)28-27-18)14-10-11-20-16(12-14)15-8-5-6-9-19(15)29(20)4-2/h5-6,8-12,21H,3-4,7,26H2,1-2H3,(H,27,28)/t21-/m0/s1. The van der Waals surface area contributed by atoms with E-state index in [2.05, 4.69) is 77.1 Å². The summed E-state index contributed by atoms with van der Waals surface area (Å²) in [5.74, 6) is 0.295. The first kappa shape index (κ1) is 18.3. The van der Waals surface area contributed by atoms with Crippen LogP contribution in [0.25, 0.3) is 21.8 Å². The zero-order valence-electron chi connectivity index (χ0n) is 17.1. The van der Waals surface area contributed by atoms with Crippen LogP contribution in [0.5, 0.6) is 5.88 Å². The van der Waals surface area contributed by atoms with Gasteiger partial charge in [-0.25, -0.2) is 0 Å². The van der Waals surface area contributed by atoms with Crippen molar-refractivity contribution in [2.75, 3.05) is 0 Å². The normalized spacial score (nSPS) is 16.0. The van der Waals surface area contributed by atoms with Gasteiger partial charge in [-0.15, -0.1) is 5.10 Å². The highest BCUT2D eigenvalue weighted by Crippen LogP contribution is 2.44. The van der Waals surface area contributed by atoms with Gasteiger partial charge in [0.05, 0.1) is 5.92 Å². The third-order valence-electron chi connectivity index (χ3n) is 5.96. The van der Waals surface area contributed by atoms with Crippen LogP contribution in [0.15, 0.2) is 53.9 Å². The Labute approximate surface area is 174 Å². The van der Waals surface area contributed by atoms with Gasteiger partial charge in [-0.3, -0.25) is 5.10 Å². The minimum absolute atomic E-state index is 0.126. The molecule has 0 spiro atoms. The summed E-state index contributed by atoms with van der Waals surface area (Å²) in [7, 11) is 0. The molecule has 0 saturated heterocycles. The quantitative estimate of drug-likeness (QED) is 0.522. The lowest BCUT2D eigenvalue weighted by molar-refractivity contribution is 0.378. The molecule has 1 aliphatic heterocycles. The van der Waals surface area contributed by atoms with Crippen molar-refractivity contribution in [1.82, 2.24) is 14.8 Å². The maximum atomic E-state index is 9.90. The number of aryl methyl sites for hydroxylation is 2. The van der Waals surface area contributed by atoms with Gasteiger partial charge in [0.2, 0.25) is 11.8 Å². The number of nitriles is 1. The minimum atomic E-state index is -0.299. The highest BCUT2D eigenvalue weighted by molar-refractivity contribution is 6.08. The lowest BCUT2D eigenvalue weighted by Gasteiger charge is -2.24. The Hall–Kier alpha value is -3.72. The molecule has 150 valence electrons. The van der Waals surface area contributed by atoms with Crippen molar-refractivity contribution < 1.29 is 4.74 Å². The van der Waals surface area contributed by atoms with Crippen molar-refractivity contribution >= 4 is 21.8 Å². The summed E-state index contributed by atoms with van der Waals surface area (Å²) in [6, 6.07) is 17.2. The number of hydrogen-bond acceptors (Lipinski definition) is 4. The molecular weight excluding hydrogens is 374 g/mol. The van der Waals surface area contributed by atoms with Gasteiger partial charge in [0, 0.05) is 39.6 Å². The van der Waals surface area contributed by atoms with Crippen molar-refractivity contribution in [3.05, 3.63) is 70.7 Å². The average Bonchev–Trinajstić information content (AvgIpc) is 3.31. The van der Waals surface area contributed by atoms with Crippen LogP contribution in [0.3, 0.4) is 0 Å². The molecule has 6 nitrogen and oxygen atoms in total. The maximum absolute atomic E-state index is 9.90. The molecule has 0 unspecified atom stereocenters. The van der Waals surface area contributed by atoms with Crippen molar-refractivity contribution in [2.45, 2.75) is 39.2 Å². The monoisotopic (exact) mass is 397 g/mol. The molecule has 30 heavy (non-hydrogen) atoms. The Balaban J connectivity index is 1.78. The number of nitrogens with two attached hydrogens (primary N) is 1. The van der Waals surface area contributed by atoms with E-state index in [1.54, 1.807) is 0 Å². The predicted molar refractivity (Wildman–Crippen MR) is 117 cm³/mol. The van der Waals surface area contributed by atoms with Crippen LogP contribution in [0.1, 0.15) is 43.0 Å². The van der Waals surface area contributed by atoms with Crippen molar-refractivity contribution in [1.29, 1.82) is 5.26 Å². The minimum Gasteiger partial charge on any atom is -0.420 e. The zero-order valence-corrected chi connectivity index (χ0v) is 17.1. The Morgan fingerprint density at radius 1 is 1.17 bits per heavy atom. The SMILES string of the molecule is CCCc1[nH]nc2c1[C@@H](c1ccc3c(c1)c1ccccc1n3CC)C(C#N)=C(N)O2. The highest BCUT2D eigenvalue weighted by atomic mass is 16.5. The number of ether oxygens (including phenoxy) is 1. The first-order valence-corrected chi connectivity index (χ1v) is 10.3. The van der Waals surface area contributed by atoms with E-state index in [0.29, 0.717) is 11.5 Å². The second-order valence-electron chi connectivity index (χ2n) is 7.63. The van der Waals surface area contributed by atoms with E-state index in [-0.39, 0.29) is 11.8 Å². The number of nitrogens with zero attached hydrogens (tertiary/aromatic N) is 3. The molecule has 0 bridgehead atoms. The first-order valence-electron chi connectivity index (χ1n) is 10.3. The fourth-order valence-corrected chi connectivity index (χ4v) is 4.67. The van der Waals surface area contributed by atoms with Crippen LogP contribution in [0.4, 0.5) is 0 Å². The van der Waals surface area contributed by atoms with Crippen molar-refractivity contribution in [3.63, 3.8) is 0 Å². The number of nitrogens with one attached hydrogen (secondary N) is 1. The number of H-pyrrole nitrogens is 1. The second kappa shape index (κ2) is 6.96. The van der Waals surface area contributed by atoms with Gasteiger partial charge in [-0.2, -0.15) is 5.26 Å². The molecule has 2 aromatic heterocycles. The number of fused-ring (bicyclic) bond motifs is 4. The summed E-state index contributed by atoms with van der Waals surface area (Å²) in [6.07, 6.45) is 1.80. The number of para-hydroxylation sites is 1. The zero-order chi connectivity index (χ0) is 20.8. The second-order valence-corrected chi connectivity index (χ2v) is 7.63. The van der Waals surface area contributed by atoms with Gasteiger partial charge < -0.3 is 15.0 Å². The molecule has 5 rings (SSSR count). The van der Waals surface area contributed by atoms with Crippen LogP contribution in [0.2, 0.25) is 0 Å². The van der Waals surface area contributed by atoms with Gasteiger partial charge in [-0.1, -0.05) is 37.6 Å². The number of aromatic amines is 1. The molecule has 0 amide bonds. The summed E-state index contributed by atoms with van der Waals surface area (Å²) in [4.78, 5) is 0. The molecule has 0 radical (unpaired) electrons. The van der Waals surface area contributed by atoms with Crippen LogP contribution >= 0.6 is 0 Å². The summed E-state index contributed by atoms with van der Waals surface area (Å²) in [5.41, 5.74) is 11.9. The number of rotatable bonds is 4. The first-order chi connectivity index (χ1) is 14.7. The smallest absolute Gasteiger partial charge is 0.244 e. The van der Waals surface area contributed by atoms with Gasteiger partial charge >= 0.3 is 0 Å².